The second-order valence-corrected chi connectivity index (χ2v) is 7.10. The van der Waals surface area contributed by atoms with Gasteiger partial charge in [0.25, 0.3) is 5.91 Å². The second-order valence-electron chi connectivity index (χ2n) is 6.10. The number of rotatable bonds is 4. The highest BCUT2D eigenvalue weighted by Crippen LogP contribution is 2.35. The monoisotopic (exact) mass is 425 g/mol. The van der Waals surface area contributed by atoms with Gasteiger partial charge in [-0.15, -0.1) is 36.2 Å². The maximum atomic E-state index is 13.1. The summed E-state index contributed by atoms with van der Waals surface area (Å²) in [5, 5.41) is 4.04. The average molecular weight is 426 g/mol. The number of hydrogen-bond donors (Lipinski definition) is 1. The van der Waals surface area contributed by atoms with Crippen LogP contribution in [-0.2, 0) is 0 Å². The van der Waals surface area contributed by atoms with Crippen molar-refractivity contribution in [1.29, 1.82) is 0 Å². The zero-order valence-corrected chi connectivity index (χ0v) is 17.2. The minimum atomic E-state index is 0. The normalized spacial score (nSPS) is 15.7. The fourth-order valence-corrected chi connectivity index (χ4v) is 4.10. The van der Waals surface area contributed by atoms with Crippen LogP contribution in [0.1, 0.15) is 16.1 Å². The van der Waals surface area contributed by atoms with E-state index < -0.39 is 0 Å². The Morgan fingerprint density at radius 1 is 1.22 bits per heavy atom. The molecule has 3 aromatic rings. The van der Waals surface area contributed by atoms with Crippen molar-refractivity contribution in [3.63, 3.8) is 0 Å². The standard InChI is InChI=1S/C19H19N3O2S.2ClH/c1-22(14-9-10-20-12-14)19(23)17-16(13-6-3-2-4-7-13)21-18(25-17)15-8-5-11-24-15;;/h2-8,11,14,20H,9-10,12H2,1H3;2*1H. The number of halogens is 2. The van der Waals surface area contributed by atoms with Crippen LogP contribution in [0.4, 0.5) is 0 Å². The van der Waals surface area contributed by atoms with E-state index >= 15 is 0 Å². The highest BCUT2D eigenvalue weighted by Gasteiger charge is 2.28. The number of thiazole rings is 1. The van der Waals surface area contributed by atoms with Gasteiger partial charge in [0.05, 0.1) is 12.0 Å². The van der Waals surface area contributed by atoms with E-state index in [1.54, 1.807) is 6.26 Å². The maximum absolute atomic E-state index is 13.1. The summed E-state index contributed by atoms with van der Waals surface area (Å²) in [4.78, 5) is 20.4. The summed E-state index contributed by atoms with van der Waals surface area (Å²) in [6.45, 7) is 1.79. The van der Waals surface area contributed by atoms with Crippen molar-refractivity contribution in [2.24, 2.45) is 0 Å². The number of aromatic nitrogens is 1. The molecule has 1 amide bonds. The number of carbonyl (C=O) groups excluding carboxylic acids is 1. The van der Waals surface area contributed by atoms with Gasteiger partial charge in [-0.1, -0.05) is 30.3 Å². The molecule has 5 nitrogen and oxygen atoms in total. The Kier molecular flexibility index (Phi) is 7.44. The molecule has 3 heterocycles. The van der Waals surface area contributed by atoms with Gasteiger partial charge in [0, 0.05) is 25.2 Å². The molecule has 1 atom stereocenters. The van der Waals surface area contributed by atoms with Crippen molar-refractivity contribution in [2.75, 3.05) is 20.1 Å². The van der Waals surface area contributed by atoms with Gasteiger partial charge in [0.2, 0.25) is 0 Å². The maximum Gasteiger partial charge on any atom is 0.266 e. The third kappa shape index (κ3) is 4.35. The summed E-state index contributed by atoms with van der Waals surface area (Å²) in [5.41, 5.74) is 1.66. The average Bonchev–Trinajstić information content (AvgIpc) is 3.42. The zero-order valence-electron chi connectivity index (χ0n) is 14.8. The molecule has 1 aliphatic heterocycles. The Balaban J connectivity index is 0.00000131. The fraction of sp³-hybridized carbons (Fsp3) is 0.263. The van der Waals surface area contributed by atoms with Crippen LogP contribution in [0.15, 0.2) is 53.1 Å². The smallest absolute Gasteiger partial charge is 0.266 e. The Labute approximate surface area is 174 Å². The molecule has 1 aromatic carbocycles. The van der Waals surface area contributed by atoms with E-state index in [1.807, 2.05) is 54.4 Å². The van der Waals surface area contributed by atoms with E-state index in [2.05, 4.69) is 5.32 Å². The van der Waals surface area contributed by atoms with Crippen molar-refractivity contribution < 1.29 is 9.21 Å². The molecule has 0 spiro atoms. The van der Waals surface area contributed by atoms with Crippen LogP contribution in [0.3, 0.4) is 0 Å². The lowest BCUT2D eigenvalue weighted by Crippen LogP contribution is -2.38. The molecule has 8 heteroatoms. The van der Waals surface area contributed by atoms with Gasteiger partial charge in [-0.05, 0) is 25.1 Å². The number of nitrogens with one attached hydrogen (secondary N) is 1. The summed E-state index contributed by atoms with van der Waals surface area (Å²) < 4.78 is 5.48. The Bertz CT molecular complexity index is 862. The van der Waals surface area contributed by atoms with Crippen LogP contribution in [0.2, 0.25) is 0 Å². The Hall–Kier alpha value is -1.86. The van der Waals surface area contributed by atoms with Gasteiger partial charge in [-0.25, -0.2) is 4.98 Å². The molecule has 0 bridgehead atoms. The third-order valence-corrected chi connectivity index (χ3v) is 5.56. The molecule has 1 aliphatic rings. The zero-order chi connectivity index (χ0) is 17.2. The first-order valence-electron chi connectivity index (χ1n) is 8.32. The molecule has 0 aliphatic carbocycles. The van der Waals surface area contributed by atoms with E-state index in [9.17, 15) is 4.79 Å². The quantitative estimate of drug-likeness (QED) is 0.674. The van der Waals surface area contributed by atoms with Crippen LogP contribution >= 0.6 is 36.2 Å². The van der Waals surface area contributed by atoms with Gasteiger partial charge < -0.3 is 14.6 Å². The lowest BCUT2D eigenvalue weighted by atomic mass is 10.1. The van der Waals surface area contributed by atoms with Crippen LogP contribution < -0.4 is 5.32 Å². The lowest BCUT2D eigenvalue weighted by Gasteiger charge is -2.23. The second kappa shape index (κ2) is 9.37. The first kappa shape index (κ1) is 21.4. The molecule has 1 saturated heterocycles. The van der Waals surface area contributed by atoms with E-state index in [0.29, 0.717) is 10.6 Å². The molecule has 1 unspecified atom stereocenters. The highest BCUT2D eigenvalue weighted by molar-refractivity contribution is 7.17. The van der Waals surface area contributed by atoms with Gasteiger partial charge >= 0.3 is 0 Å². The molecule has 1 N–H and O–H groups in total. The minimum Gasteiger partial charge on any atom is -0.462 e. The molecule has 144 valence electrons. The minimum absolute atomic E-state index is 0. The molecule has 4 rings (SSSR count). The summed E-state index contributed by atoms with van der Waals surface area (Å²) in [6.07, 6.45) is 2.60. The van der Waals surface area contributed by atoms with E-state index in [1.165, 1.54) is 11.3 Å². The van der Waals surface area contributed by atoms with Crippen LogP contribution in [0, 0.1) is 0 Å². The van der Waals surface area contributed by atoms with Gasteiger partial charge in [0.1, 0.15) is 4.88 Å². The van der Waals surface area contributed by atoms with Gasteiger partial charge in [-0.3, -0.25) is 4.79 Å². The van der Waals surface area contributed by atoms with E-state index in [0.717, 1.165) is 35.8 Å². The molecule has 2 aromatic heterocycles. The summed E-state index contributed by atoms with van der Waals surface area (Å²) in [5.74, 6) is 0.703. The van der Waals surface area contributed by atoms with Crippen molar-refractivity contribution in [2.45, 2.75) is 12.5 Å². The lowest BCUT2D eigenvalue weighted by molar-refractivity contribution is 0.0749. The van der Waals surface area contributed by atoms with Crippen molar-refractivity contribution >= 4 is 42.1 Å². The number of amides is 1. The summed E-state index contributed by atoms with van der Waals surface area (Å²) in [7, 11) is 1.88. The topological polar surface area (TPSA) is 58.4 Å². The van der Waals surface area contributed by atoms with Crippen molar-refractivity contribution in [3.8, 4) is 22.0 Å². The predicted octanol–water partition coefficient (Wildman–Crippen LogP) is 4.35. The molecule has 0 saturated carbocycles. The van der Waals surface area contributed by atoms with Crippen LogP contribution in [-0.4, -0.2) is 42.0 Å². The van der Waals surface area contributed by atoms with Crippen LogP contribution in [0.5, 0.6) is 0 Å². The largest absolute Gasteiger partial charge is 0.462 e. The first-order chi connectivity index (χ1) is 12.2. The van der Waals surface area contributed by atoms with E-state index in [4.69, 9.17) is 9.40 Å². The van der Waals surface area contributed by atoms with Crippen molar-refractivity contribution in [1.82, 2.24) is 15.2 Å². The summed E-state index contributed by atoms with van der Waals surface area (Å²) >= 11 is 1.39. The Morgan fingerprint density at radius 3 is 2.63 bits per heavy atom. The van der Waals surface area contributed by atoms with Gasteiger partial charge in [0.15, 0.2) is 10.8 Å². The van der Waals surface area contributed by atoms with E-state index in [-0.39, 0.29) is 36.8 Å². The number of likely N-dealkylation sites (N-methyl/N-ethyl adjacent to an activating group) is 1. The van der Waals surface area contributed by atoms with Crippen LogP contribution in [0.25, 0.3) is 22.0 Å². The number of hydrogen-bond acceptors (Lipinski definition) is 5. The first-order valence-corrected chi connectivity index (χ1v) is 9.13. The SMILES string of the molecule is CN(C(=O)c1sc(-c2ccco2)nc1-c1ccccc1)C1CCNC1.Cl.Cl. The Morgan fingerprint density at radius 2 is 2.00 bits per heavy atom. The molecular formula is C19H21Cl2N3O2S. The fourth-order valence-electron chi connectivity index (χ4n) is 3.06. The number of furan rings is 1. The number of carbonyl (C=O) groups is 1. The molecular weight excluding hydrogens is 405 g/mol. The summed E-state index contributed by atoms with van der Waals surface area (Å²) in [6, 6.07) is 13.8. The number of nitrogens with zero attached hydrogens (tertiary/aromatic N) is 2. The molecule has 1 fully saturated rings. The third-order valence-electron chi connectivity index (χ3n) is 4.50. The highest BCUT2D eigenvalue weighted by atomic mass is 35.5. The van der Waals surface area contributed by atoms with Crippen molar-refractivity contribution in [3.05, 3.63) is 53.6 Å². The molecule has 0 radical (unpaired) electrons. The number of benzene rings is 1. The van der Waals surface area contributed by atoms with Gasteiger partial charge in [-0.2, -0.15) is 0 Å². The predicted molar refractivity (Wildman–Crippen MR) is 113 cm³/mol. The molecule has 27 heavy (non-hydrogen) atoms.